The van der Waals surface area contributed by atoms with Gasteiger partial charge in [0.15, 0.2) is 11.5 Å². The third kappa shape index (κ3) is 3.45. The molecular formula is C22H23N5O3. The molecule has 0 unspecified atom stereocenters. The molecule has 0 spiro atoms. The van der Waals surface area contributed by atoms with E-state index in [1.807, 2.05) is 48.2 Å². The molecule has 3 aromatic rings. The van der Waals surface area contributed by atoms with Crippen molar-refractivity contribution in [3.8, 4) is 11.5 Å². The molecule has 8 nitrogen and oxygen atoms in total. The van der Waals surface area contributed by atoms with Crippen LogP contribution in [0.2, 0.25) is 0 Å². The number of piperazine rings is 1. The zero-order valence-corrected chi connectivity index (χ0v) is 16.8. The fourth-order valence-corrected chi connectivity index (χ4v) is 3.86. The number of anilines is 2. The molecule has 0 aliphatic carbocycles. The van der Waals surface area contributed by atoms with Crippen molar-refractivity contribution in [1.82, 2.24) is 14.9 Å². The van der Waals surface area contributed by atoms with Gasteiger partial charge in [-0.05, 0) is 24.6 Å². The molecule has 2 aromatic carbocycles. The van der Waals surface area contributed by atoms with E-state index in [9.17, 15) is 4.79 Å². The highest BCUT2D eigenvalue weighted by molar-refractivity contribution is 5.93. The molecule has 3 heterocycles. The number of para-hydroxylation sites is 1. The zero-order chi connectivity index (χ0) is 20.5. The molecule has 2 amide bonds. The predicted octanol–water partition coefficient (Wildman–Crippen LogP) is 3.06. The van der Waals surface area contributed by atoms with Crippen molar-refractivity contribution in [1.29, 1.82) is 0 Å². The van der Waals surface area contributed by atoms with E-state index in [4.69, 9.17) is 9.47 Å². The quantitative estimate of drug-likeness (QED) is 0.706. The average Bonchev–Trinajstić information content (AvgIpc) is 2.79. The molecule has 1 aromatic heterocycles. The third-order valence-electron chi connectivity index (χ3n) is 5.53. The summed E-state index contributed by atoms with van der Waals surface area (Å²) < 4.78 is 11.4. The van der Waals surface area contributed by atoms with Crippen LogP contribution in [0.25, 0.3) is 10.9 Å². The van der Waals surface area contributed by atoms with Crippen molar-refractivity contribution in [2.45, 2.75) is 6.92 Å². The lowest BCUT2D eigenvalue weighted by molar-refractivity contribution is 0.172. The Morgan fingerprint density at radius 2 is 1.73 bits per heavy atom. The number of nitrogens with one attached hydrogen (secondary N) is 1. The minimum absolute atomic E-state index is 0.0730. The first-order chi connectivity index (χ1) is 14.7. The van der Waals surface area contributed by atoms with Crippen molar-refractivity contribution in [3.05, 3.63) is 48.3 Å². The van der Waals surface area contributed by atoms with E-state index in [0.717, 1.165) is 39.5 Å². The first-order valence-electron chi connectivity index (χ1n) is 10.1. The molecule has 154 valence electrons. The number of urea groups is 1. The van der Waals surface area contributed by atoms with Crippen molar-refractivity contribution in [2.24, 2.45) is 0 Å². The minimum atomic E-state index is -0.0730. The number of hydrogen-bond acceptors (Lipinski definition) is 6. The number of ether oxygens (including phenoxy) is 2. The normalized spacial score (nSPS) is 15.9. The Morgan fingerprint density at radius 3 is 2.50 bits per heavy atom. The summed E-state index contributed by atoms with van der Waals surface area (Å²) in [6.45, 7) is 5.70. The van der Waals surface area contributed by atoms with Crippen LogP contribution < -0.4 is 19.7 Å². The number of fused-ring (bicyclic) bond motifs is 2. The van der Waals surface area contributed by atoms with Gasteiger partial charge in [0.25, 0.3) is 0 Å². The molecule has 0 saturated carbocycles. The smallest absolute Gasteiger partial charge is 0.321 e. The molecular weight excluding hydrogens is 382 g/mol. The summed E-state index contributed by atoms with van der Waals surface area (Å²) in [6, 6.07) is 11.6. The second-order valence-corrected chi connectivity index (χ2v) is 7.43. The van der Waals surface area contributed by atoms with Crippen LogP contribution in [0.4, 0.5) is 16.3 Å². The number of amides is 2. The van der Waals surface area contributed by atoms with Gasteiger partial charge in [-0.3, -0.25) is 0 Å². The second-order valence-electron chi connectivity index (χ2n) is 7.43. The fraction of sp³-hybridized carbons (Fsp3) is 0.318. The number of nitrogens with zero attached hydrogens (tertiary/aromatic N) is 4. The summed E-state index contributed by atoms with van der Waals surface area (Å²) in [6.07, 6.45) is 1.57. The summed E-state index contributed by atoms with van der Waals surface area (Å²) in [5, 5.41) is 3.94. The second kappa shape index (κ2) is 7.70. The fourth-order valence-electron chi connectivity index (χ4n) is 3.86. The van der Waals surface area contributed by atoms with E-state index in [1.165, 1.54) is 0 Å². The van der Waals surface area contributed by atoms with Crippen molar-refractivity contribution in [2.75, 3.05) is 49.6 Å². The highest BCUT2D eigenvalue weighted by Gasteiger charge is 2.24. The van der Waals surface area contributed by atoms with E-state index in [2.05, 4.69) is 20.2 Å². The summed E-state index contributed by atoms with van der Waals surface area (Å²) in [5.41, 5.74) is 2.72. The molecule has 30 heavy (non-hydrogen) atoms. The van der Waals surface area contributed by atoms with Gasteiger partial charge in [-0.15, -0.1) is 0 Å². The summed E-state index contributed by atoms with van der Waals surface area (Å²) in [4.78, 5) is 25.6. The Bertz CT molecular complexity index is 1100. The molecule has 1 fully saturated rings. The van der Waals surface area contributed by atoms with Crippen LogP contribution in [0.5, 0.6) is 11.5 Å². The minimum Gasteiger partial charge on any atom is -0.486 e. The molecule has 0 radical (unpaired) electrons. The van der Waals surface area contributed by atoms with Gasteiger partial charge in [0.05, 0.1) is 5.52 Å². The maximum absolute atomic E-state index is 12.7. The molecule has 2 aliphatic rings. The van der Waals surface area contributed by atoms with E-state index in [-0.39, 0.29) is 6.03 Å². The standard InChI is InChI=1S/C22H23N5O3/c1-15-4-2-3-5-17(15)25-22(28)27-8-6-26(7-9-27)21-16-12-19-20(30-11-10-29-19)13-18(16)23-14-24-21/h2-5,12-14H,6-11H2,1H3,(H,25,28). The largest absolute Gasteiger partial charge is 0.486 e. The Hall–Kier alpha value is -3.55. The Labute approximate surface area is 174 Å². The van der Waals surface area contributed by atoms with Crippen molar-refractivity contribution in [3.63, 3.8) is 0 Å². The first kappa shape index (κ1) is 18.5. The summed E-state index contributed by atoms with van der Waals surface area (Å²) in [5.74, 6) is 2.30. The van der Waals surface area contributed by atoms with Crippen LogP contribution in [0.3, 0.4) is 0 Å². The van der Waals surface area contributed by atoms with E-state index in [1.54, 1.807) is 6.33 Å². The molecule has 1 saturated heterocycles. The predicted molar refractivity (Wildman–Crippen MR) is 115 cm³/mol. The lowest BCUT2D eigenvalue weighted by atomic mass is 10.1. The number of carbonyl (C=O) groups excluding carboxylic acids is 1. The van der Waals surface area contributed by atoms with Gasteiger partial charge in [0.2, 0.25) is 0 Å². The molecule has 0 atom stereocenters. The molecule has 5 rings (SSSR count). The van der Waals surface area contributed by atoms with Gasteiger partial charge < -0.3 is 24.6 Å². The Balaban J connectivity index is 1.31. The number of benzene rings is 2. The van der Waals surface area contributed by atoms with Crippen molar-refractivity contribution < 1.29 is 14.3 Å². The summed E-state index contributed by atoms with van der Waals surface area (Å²) >= 11 is 0. The van der Waals surface area contributed by atoms with Gasteiger partial charge in [-0.25, -0.2) is 14.8 Å². The van der Waals surface area contributed by atoms with Gasteiger partial charge in [-0.2, -0.15) is 0 Å². The van der Waals surface area contributed by atoms with Gasteiger partial charge in [-0.1, -0.05) is 18.2 Å². The van der Waals surface area contributed by atoms with E-state index >= 15 is 0 Å². The maximum atomic E-state index is 12.7. The van der Waals surface area contributed by atoms with E-state index in [0.29, 0.717) is 39.4 Å². The number of carbonyl (C=O) groups is 1. The van der Waals surface area contributed by atoms with Crippen LogP contribution >= 0.6 is 0 Å². The summed E-state index contributed by atoms with van der Waals surface area (Å²) in [7, 11) is 0. The molecule has 0 bridgehead atoms. The van der Waals surface area contributed by atoms with Crippen LogP contribution in [-0.2, 0) is 0 Å². The van der Waals surface area contributed by atoms with Crippen LogP contribution in [-0.4, -0.2) is 60.3 Å². The first-order valence-corrected chi connectivity index (χ1v) is 10.1. The molecule has 1 N–H and O–H groups in total. The maximum Gasteiger partial charge on any atom is 0.321 e. The molecule has 8 heteroatoms. The van der Waals surface area contributed by atoms with Crippen LogP contribution in [0.1, 0.15) is 5.56 Å². The van der Waals surface area contributed by atoms with Crippen LogP contribution in [0, 0.1) is 6.92 Å². The van der Waals surface area contributed by atoms with Crippen molar-refractivity contribution >= 4 is 28.4 Å². The number of aryl methyl sites for hydroxylation is 1. The van der Waals surface area contributed by atoms with Gasteiger partial charge >= 0.3 is 6.03 Å². The third-order valence-corrected chi connectivity index (χ3v) is 5.53. The van der Waals surface area contributed by atoms with Gasteiger partial charge in [0, 0.05) is 43.3 Å². The van der Waals surface area contributed by atoms with Crippen LogP contribution in [0.15, 0.2) is 42.7 Å². The number of aromatic nitrogens is 2. The highest BCUT2D eigenvalue weighted by atomic mass is 16.6. The van der Waals surface area contributed by atoms with Gasteiger partial charge in [0.1, 0.15) is 25.4 Å². The lowest BCUT2D eigenvalue weighted by Crippen LogP contribution is -2.50. The number of hydrogen-bond donors (Lipinski definition) is 1. The Kier molecular flexibility index (Phi) is 4.74. The molecule has 2 aliphatic heterocycles. The highest BCUT2D eigenvalue weighted by Crippen LogP contribution is 2.36. The zero-order valence-electron chi connectivity index (χ0n) is 16.8. The van der Waals surface area contributed by atoms with E-state index < -0.39 is 0 Å². The monoisotopic (exact) mass is 405 g/mol. The topological polar surface area (TPSA) is 79.8 Å². The average molecular weight is 405 g/mol. The Morgan fingerprint density at radius 1 is 1.00 bits per heavy atom. The lowest BCUT2D eigenvalue weighted by Gasteiger charge is -2.35. The SMILES string of the molecule is Cc1ccccc1NC(=O)N1CCN(c2ncnc3cc4c(cc23)OCCO4)CC1. The number of rotatable bonds is 2.